The van der Waals surface area contributed by atoms with Crippen LogP contribution in [0.15, 0.2) is 29.0 Å². The fraction of sp³-hybridized carbons (Fsp3) is 0.381. The van der Waals surface area contributed by atoms with E-state index in [1.165, 1.54) is 30.6 Å². The van der Waals surface area contributed by atoms with Crippen molar-refractivity contribution in [2.75, 3.05) is 16.8 Å². The van der Waals surface area contributed by atoms with Crippen LogP contribution in [0.4, 0.5) is 11.5 Å². The molecule has 146 valence electrons. The highest BCUT2D eigenvalue weighted by atomic mass is 79.9. The van der Waals surface area contributed by atoms with Crippen molar-refractivity contribution in [3.63, 3.8) is 0 Å². The molecule has 0 aliphatic carbocycles. The van der Waals surface area contributed by atoms with E-state index in [0.29, 0.717) is 10.9 Å². The second-order valence-corrected chi connectivity index (χ2v) is 9.30. The summed E-state index contributed by atoms with van der Waals surface area (Å²) in [5.74, 6) is 0.869. The van der Waals surface area contributed by atoms with Gasteiger partial charge < -0.3 is 10.2 Å². The predicted octanol–water partition coefficient (Wildman–Crippen LogP) is 5.70. The lowest BCUT2D eigenvalue weighted by atomic mass is 10.0. The number of carbonyl (C=O) groups is 1. The van der Waals surface area contributed by atoms with Crippen LogP contribution in [-0.2, 0) is 0 Å². The molecule has 1 aliphatic rings. The number of aryl methyl sites for hydroxylation is 2. The Kier molecular flexibility index (Phi) is 5.38. The quantitative estimate of drug-likeness (QED) is 0.546. The van der Waals surface area contributed by atoms with Gasteiger partial charge in [0.1, 0.15) is 17.0 Å². The van der Waals surface area contributed by atoms with Crippen molar-refractivity contribution in [2.24, 2.45) is 0 Å². The van der Waals surface area contributed by atoms with Gasteiger partial charge in [0.15, 0.2) is 0 Å². The summed E-state index contributed by atoms with van der Waals surface area (Å²) in [5, 5.41) is 4.07. The molecule has 1 aromatic carbocycles. The molecule has 1 fully saturated rings. The molecule has 28 heavy (non-hydrogen) atoms. The topological polar surface area (TPSA) is 58.1 Å². The van der Waals surface area contributed by atoms with Crippen molar-refractivity contribution in [1.29, 1.82) is 0 Å². The number of nitrogens with one attached hydrogen (secondary N) is 1. The SMILES string of the molecule is Cc1cc(Br)ccc1NC(=O)c1sc2ncnc(N3CCCC[C@H]3C)c2c1C. The molecule has 3 aromatic rings. The van der Waals surface area contributed by atoms with E-state index in [-0.39, 0.29) is 5.91 Å². The average molecular weight is 459 g/mol. The highest BCUT2D eigenvalue weighted by molar-refractivity contribution is 9.10. The van der Waals surface area contributed by atoms with Crippen LogP contribution in [0.1, 0.15) is 47.0 Å². The number of amides is 1. The summed E-state index contributed by atoms with van der Waals surface area (Å²) in [6, 6.07) is 6.30. The van der Waals surface area contributed by atoms with Gasteiger partial charge in [-0.2, -0.15) is 0 Å². The number of fused-ring (bicyclic) bond motifs is 1. The van der Waals surface area contributed by atoms with Gasteiger partial charge in [0.25, 0.3) is 5.91 Å². The maximum Gasteiger partial charge on any atom is 0.266 e. The average Bonchev–Trinajstić information content (AvgIpc) is 3.01. The molecule has 3 heterocycles. The van der Waals surface area contributed by atoms with Gasteiger partial charge in [0, 0.05) is 22.7 Å². The number of piperidine rings is 1. The maximum absolute atomic E-state index is 13.0. The zero-order valence-electron chi connectivity index (χ0n) is 16.3. The fourth-order valence-electron chi connectivity index (χ4n) is 3.85. The number of hydrogen-bond acceptors (Lipinski definition) is 5. The van der Waals surface area contributed by atoms with Gasteiger partial charge >= 0.3 is 0 Å². The zero-order chi connectivity index (χ0) is 19.8. The van der Waals surface area contributed by atoms with Crippen LogP contribution in [0.3, 0.4) is 0 Å². The minimum Gasteiger partial charge on any atom is -0.353 e. The molecule has 0 spiro atoms. The van der Waals surface area contributed by atoms with E-state index in [1.807, 2.05) is 32.0 Å². The summed E-state index contributed by atoms with van der Waals surface area (Å²) in [7, 11) is 0. The molecular formula is C21H23BrN4OS. The number of hydrogen-bond donors (Lipinski definition) is 1. The molecule has 7 heteroatoms. The Balaban J connectivity index is 1.71. The monoisotopic (exact) mass is 458 g/mol. The van der Waals surface area contributed by atoms with Gasteiger partial charge in [-0.25, -0.2) is 9.97 Å². The van der Waals surface area contributed by atoms with Crippen molar-refractivity contribution in [3.05, 3.63) is 45.0 Å². The minimum atomic E-state index is -0.0939. The van der Waals surface area contributed by atoms with Gasteiger partial charge in [-0.1, -0.05) is 15.9 Å². The second kappa shape index (κ2) is 7.79. The Morgan fingerprint density at radius 2 is 2.11 bits per heavy atom. The fourth-order valence-corrected chi connectivity index (χ4v) is 5.36. The van der Waals surface area contributed by atoms with Crippen LogP contribution in [0.2, 0.25) is 0 Å². The summed E-state index contributed by atoms with van der Waals surface area (Å²) in [4.78, 5) is 26.0. The molecule has 4 rings (SSSR count). The molecule has 0 saturated carbocycles. The maximum atomic E-state index is 13.0. The van der Waals surface area contributed by atoms with Gasteiger partial charge in [-0.15, -0.1) is 11.3 Å². The third-order valence-corrected chi connectivity index (χ3v) is 7.12. The lowest BCUT2D eigenvalue weighted by molar-refractivity contribution is 0.103. The van der Waals surface area contributed by atoms with Gasteiger partial charge in [-0.05, 0) is 69.4 Å². The summed E-state index contributed by atoms with van der Waals surface area (Å²) in [5.41, 5.74) is 2.80. The number of carbonyl (C=O) groups excluding carboxylic acids is 1. The molecule has 0 radical (unpaired) electrons. The van der Waals surface area contributed by atoms with E-state index in [9.17, 15) is 4.79 Å². The first-order valence-corrected chi connectivity index (χ1v) is 11.1. The lowest BCUT2D eigenvalue weighted by Crippen LogP contribution is -2.38. The second-order valence-electron chi connectivity index (χ2n) is 7.39. The Hall–Kier alpha value is -1.99. The Morgan fingerprint density at radius 3 is 2.86 bits per heavy atom. The molecule has 1 amide bonds. The Bertz CT molecular complexity index is 1050. The van der Waals surface area contributed by atoms with Crippen molar-refractivity contribution >= 4 is 54.9 Å². The molecule has 5 nitrogen and oxygen atoms in total. The third kappa shape index (κ3) is 3.53. The van der Waals surface area contributed by atoms with Crippen LogP contribution in [0, 0.1) is 13.8 Å². The van der Waals surface area contributed by atoms with Crippen molar-refractivity contribution in [2.45, 2.75) is 46.1 Å². The minimum absolute atomic E-state index is 0.0939. The number of anilines is 2. The van der Waals surface area contributed by atoms with E-state index in [1.54, 1.807) is 6.33 Å². The van der Waals surface area contributed by atoms with Gasteiger partial charge in [0.2, 0.25) is 0 Å². The number of rotatable bonds is 3. The van der Waals surface area contributed by atoms with E-state index in [2.05, 4.69) is 43.0 Å². The summed E-state index contributed by atoms with van der Waals surface area (Å²) in [6.07, 6.45) is 5.23. The Labute approximate surface area is 177 Å². The van der Waals surface area contributed by atoms with Crippen LogP contribution in [-0.4, -0.2) is 28.5 Å². The van der Waals surface area contributed by atoms with Crippen molar-refractivity contribution in [1.82, 2.24) is 9.97 Å². The smallest absolute Gasteiger partial charge is 0.266 e. The molecule has 0 bridgehead atoms. The van der Waals surface area contributed by atoms with Crippen molar-refractivity contribution in [3.8, 4) is 0 Å². The molecular weight excluding hydrogens is 436 g/mol. The van der Waals surface area contributed by atoms with Crippen LogP contribution < -0.4 is 10.2 Å². The Morgan fingerprint density at radius 1 is 1.29 bits per heavy atom. The number of nitrogens with zero attached hydrogens (tertiary/aromatic N) is 3. The number of aromatic nitrogens is 2. The van der Waals surface area contributed by atoms with E-state index in [0.717, 1.165) is 43.9 Å². The molecule has 1 N–H and O–H groups in total. The lowest BCUT2D eigenvalue weighted by Gasteiger charge is -2.34. The first-order chi connectivity index (χ1) is 13.5. The van der Waals surface area contributed by atoms with Gasteiger partial charge in [0.05, 0.1) is 10.3 Å². The van der Waals surface area contributed by atoms with E-state index < -0.39 is 0 Å². The van der Waals surface area contributed by atoms with Crippen LogP contribution in [0.5, 0.6) is 0 Å². The predicted molar refractivity (Wildman–Crippen MR) is 120 cm³/mol. The summed E-state index contributed by atoms with van der Waals surface area (Å²) < 4.78 is 0.997. The van der Waals surface area contributed by atoms with Gasteiger partial charge in [-0.3, -0.25) is 4.79 Å². The van der Waals surface area contributed by atoms with Crippen molar-refractivity contribution < 1.29 is 4.79 Å². The first-order valence-electron chi connectivity index (χ1n) is 9.54. The normalized spacial score (nSPS) is 17.1. The largest absolute Gasteiger partial charge is 0.353 e. The summed E-state index contributed by atoms with van der Waals surface area (Å²) in [6.45, 7) is 7.24. The van der Waals surface area contributed by atoms with E-state index in [4.69, 9.17) is 0 Å². The van der Waals surface area contributed by atoms with E-state index >= 15 is 0 Å². The molecule has 0 unspecified atom stereocenters. The third-order valence-electron chi connectivity index (χ3n) is 5.42. The molecule has 2 aromatic heterocycles. The standard InChI is InChI=1S/C21H23BrN4OS/c1-12-10-15(22)7-8-16(12)25-20(27)18-14(3)17-19(23-11-24-21(17)28-18)26-9-5-4-6-13(26)2/h7-8,10-11,13H,4-6,9H2,1-3H3,(H,25,27)/t13-/m1/s1. The molecule has 1 atom stereocenters. The highest BCUT2D eigenvalue weighted by Gasteiger charge is 2.26. The first kappa shape index (κ1) is 19.3. The summed E-state index contributed by atoms with van der Waals surface area (Å²) >= 11 is 4.90. The highest BCUT2D eigenvalue weighted by Crippen LogP contribution is 2.37. The van der Waals surface area contributed by atoms with Crippen LogP contribution in [0.25, 0.3) is 10.2 Å². The van der Waals surface area contributed by atoms with Crippen LogP contribution >= 0.6 is 27.3 Å². The molecule has 1 aliphatic heterocycles. The molecule has 1 saturated heterocycles. The number of thiophene rings is 1. The number of halogens is 1. The zero-order valence-corrected chi connectivity index (χ0v) is 18.7. The number of benzene rings is 1.